The van der Waals surface area contributed by atoms with E-state index in [1.807, 2.05) is 27.7 Å². The molecule has 0 radical (unpaired) electrons. The third-order valence-electron chi connectivity index (χ3n) is 5.27. The minimum absolute atomic E-state index is 0.0602. The maximum absolute atomic E-state index is 13.1. The number of alkyl carbamates (subject to hydrolysis) is 1. The number of carbonyl (C=O) groups excluding carboxylic acids is 4. The number of rotatable bonds is 12. The third kappa shape index (κ3) is 9.32. The summed E-state index contributed by atoms with van der Waals surface area (Å²) in [5, 5.41) is 7.95. The number of thioether (sulfide) groups is 1. The van der Waals surface area contributed by atoms with Crippen LogP contribution >= 0.6 is 11.8 Å². The fourth-order valence-electron chi connectivity index (χ4n) is 3.59. The highest BCUT2D eigenvalue weighted by molar-refractivity contribution is 8.00. The number of ether oxygens (including phenoxy) is 1. The highest BCUT2D eigenvalue weighted by Crippen LogP contribution is 2.32. The first-order valence-corrected chi connectivity index (χ1v) is 12.2. The molecule has 0 saturated carbocycles. The quantitative estimate of drug-likeness (QED) is 0.303. The maximum atomic E-state index is 13.1. The molecule has 3 atom stereocenters. The monoisotopic (exact) mass is 495 g/mol. The zero-order chi connectivity index (χ0) is 25.3. The number of aldehydes is 1. The molecule has 1 heterocycles. The second-order valence-corrected chi connectivity index (χ2v) is 11.3. The zero-order valence-electron chi connectivity index (χ0n) is 20.1. The molecule has 0 aliphatic carbocycles. The maximum Gasteiger partial charge on any atom is 0.407 e. The van der Waals surface area contributed by atoms with Gasteiger partial charge in [-0.05, 0) is 63.3 Å². The molecule has 1 aromatic carbocycles. The Kier molecular flexibility index (Phi) is 10.3. The minimum Gasteiger partial charge on any atom is -0.448 e. The van der Waals surface area contributed by atoms with Gasteiger partial charge in [0.05, 0.1) is 6.04 Å². The molecule has 3 amide bonds. The number of halogens is 1. The lowest BCUT2D eigenvalue weighted by Gasteiger charge is -2.26. The third-order valence-corrected chi connectivity index (χ3v) is 6.45. The van der Waals surface area contributed by atoms with E-state index in [-0.39, 0.29) is 36.6 Å². The van der Waals surface area contributed by atoms with Crippen LogP contribution in [0.2, 0.25) is 0 Å². The van der Waals surface area contributed by atoms with Crippen LogP contribution in [0.1, 0.15) is 47.0 Å². The number of nitrogens with one attached hydrogen (secondary N) is 3. The summed E-state index contributed by atoms with van der Waals surface area (Å²) >= 11 is 1.44. The Balaban J connectivity index is 1.91. The van der Waals surface area contributed by atoms with E-state index in [0.29, 0.717) is 25.7 Å². The molecule has 0 bridgehead atoms. The van der Waals surface area contributed by atoms with Crippen LogP contribution in [0.3, 0.4) is 0 Å². The summed E-state index contributed by atoms with van der Waals surface area (Å²) in [5.74, 6) is -1.17. The molecule has 10 heteroatoms. The van der Waals surface area contributed by atoms with E-state index in [2.05, 4.69) is 16.0 Å². The molecule has 1 aliphatic heterocycles. The summed E-state index contributed by atoms with van der Waals surface area (Å²) in [5.41, 5.74) is 0. The lowest BCUT2D eigenvalue weighted by molar-refractivity contribution is -0.127. The molecule has 8 nitrogen and oxygen atoms in total. The SMILES string of the molecule is CC(C)C[C@H](NC(=O)OCC(C)(C)Sc1ccc(F)cc1)C(=O)N[C@H](C=O)C[C@@H]1CCNC1=O. The fourth-order valence-corrected chi connectivity index (χ4v) is 4.61. The van der Waals surface area contributed by atoms with Crippen molar-refractivity contribution in [2.45, 2.75) is 68.7 Å². The minimum atomic E-state index is -0.889. The lowest BCUT2D eigenvalue weighted by atomic mass is 9.98. The van der Waals surface area contributed by atoms with Crippen LogP contribution in [-0.4, -0.2) is 54.2 Å². The largest absolute Gasteiger partial charge is 0.448 e. The Hall–Kier alpha value is -2.62. The van der Waals surface area contributed by atoms with Crippen LogP contribution in [0.15, 0.2) is 29.2 Å². The smallest absolute Gasteiger partial charge is 0.407 e. The second-order valence-electron chi connectivity index (χ2n) is 9.48. The van der Waals surface area contributed by atoms with Crippen molar-refractivity contribution in [2.24, 2.45) is 11.8 Å². The van der Waals surface area contributed by atoms with Crippen LogP contribution in [0.25, 0.3) is 0 Å². The van der Waals surface area contributed by atoms with Gasteiger partial charge in [0.25, 0.3) is 0 Å². The number of hydrogen-bond acceptors (Lipinski definition) is 6. The van der Waals surface area contributed by atoms with E-state index in [1.165, 1.54) is 23.9 Å². The van der Waals surface area contributed by atoms with Crippen molar-refractivity contribution < 1.29 is 28.3 Å². The average Bonchev–Trinajstić information content (AvgIpc) is 3.17. The molecular weight excluding hydrogens is 461 g/mol. The van der Waals surface area contributed by atoms with Gasteiger partial charge < -0.3 is 25.5 Å². The number of amides is 3. The molecule has 0 unspecified atom stereocenters. The average molecular weight is 496 g/mol. The number of hydrogen-bond donors (Lipinski definition) is 3. The first-order chi connectivity index (χ1) is 16.0. The molecule has 0 aromatic heterocycles. The van der Waals surface area contributed by atoms with E-state index in [9.17, 15) is 23.6 Å². The zero-order valence-corrected chi connectivity index (χ0v) is 20.9. The summed E-state index contributed by atoms with van der Waals surface area (Å²) in [6, 6.07) is 4.34. The van der Waals surface area contributed by atoms with Gasteiger partial charge in [-0.1, -0.05) is 13.8 Å². The van der Waals surface area contributed by atoms with Crippen molar-refractivity contribution in [2.75, 3.05) is 13.2 Å². The molecule has 1 fully saturated rings. The molecule has 0 spiro atoms. The van der Waals surface area contributed by atoms with Gasteiger partial charge in [-0.3, -0.25) is 9.59 Å². The van der Waals surface area contributed by atoms with Crippen LogP contribution in [0, 0.1) is 17.7 Å². The van der Waals surface area contributed by atoms with Gasteiger partial charge in [-0.25, -0.2) is 9.18 Å². The summed E-state index contributed by atoms with van der Waals surface area (Å²) in [6.45, 7) is 8.22. The molecule has 2 rings (SSSR count). The number of carbonyl (C=O) groups is 4. The van der Waals surface area contributed by atoms with E-state index in [0.717, 1.165) is 4.90 Å². The highest BCUT2D eigenvalue weighted by Gasteiger charge is 2.30. The van der Waals surface area contributed by atoms with Gasteiger partial charge in [0.2, 0.25) is 11.8 Å². The Morgan fingerprint density at radius 3 is 2.50 bits per heavy atom. The Bertz CT molecular complexity index is 863. The lowest BCUT2D eigenvalue weighted by Crippen LogP contribution is -2.51. The van der Waals surface area contributed by atoms with Gasteiger partial charge in [0, 0.05) is 22.1 Å². The highest BCUT2D eigenvalue weighted by atomic mass is 32.2. The van der Waals surface area contributed by atoms with E-state index in [4.69, 9.17) is 4.74 Å². The van der Waals surface area contributed by atoms with Gasteiger partial charge in [0.1, 0.15) is 24.8 Å². The van der Waals surface area contributed by atoms with Crippen molar-refractivity contribution in [3.8, 4) is 0 Å². The van der Waals surface area contributed by atoms with Gasteiger partial charge >= 0.3 is 6.09 Å². The molecule has 1 saturated heterocycles. The Morgan fingerprint density at radius 1 is 1.26 bits per heavy atom. The van der Waals surface area contributed by atoms with Crippen molar-refractivity contribution in [3.05, 3.63) is 30.1 Å². The molecule has 34 heavy (non-hydrogen) atoms. The summed E-state index contributed by atoms with van der Waals surface area (Å²) in [7, 11) is 0. The predicted molar refractivity (Wildman–Crippen MR) is 128 cm³/mol. The van der Waals surface area contributed by atoms with Crippen molar-refractivity contribution in [3.63, 3.8) is 0 Å². The van der Waals surface area contributed by atoms with Crippen LogP contribution in [0.5, 0.6) is 0 Å². The number of benzene rings is 1. The van der Waals surface area contributed by atoms with E-state index < -0.39 is 28.8 Å². The Labute approximate surface area is 204 Å². The molecular formula is C24H34FN3O5S. The van der Waals surface area contributed by atoms with Crippen LogP contribution < -0.4 is 16.0 Å². The second kappa shape index (κ2) is 12.7. The molecule has 1 aromatic rings. The first-order valence-electron chi connectivity index (χ1n) is 11.4. The van der Waals surface area contributed by atoms with Crippen molar-refractivity contribution in [1.29, 1.82) is 0 Å². The summed E-state index contributed by atoms with van der Waals surface area (Å²) < 4.78 is 18.0. The normalized spacial score (nSPS) is 17.6. The van der Waals surface area contributed by atoms with E-state index >= 15 is 0 Å². The summed E-state index contributed by atoms with van der Waals surface area (Å²) in [4.78, 5) is 49.4. The van der Waals surface area contributed by atoms with Crippen molar-refractivity contribution >= 4 is 36.0 Å². The molecule has 188 valence electrons. The van der Waals surface area contributed by atoms with Gasteiger partial charge in [-0.2, -0.15) is 0 Å². The van der Waals surface area contributed by atoms with Crippen LogP contribution in [0.4, 0.5) is 9.18 Å². The van der Waals surface area contributed by atoms with Gasteiger partial charge in [0.15, 0.2) is 0 Å². The van der Waals surface area contributed by atoms with Crippen molar-refractivity contribution in [1.82, 2.24) is 16.0 Å². The Morgan fingerprint density at radius 2 is 1.94 bits per heavy atom. The van der Waals surface area contributed by atoms with E-state index in [1.54, 1.807) is 12.1 Å². The van der Waals surface area contributed by atoms with Gasteiger partial charge in [-0.15, -0.1) is 11.8 Å². The van der Waals surface area contributed by atoms with Crippen LogP contribution in [-0.2, 0) is 19.1 Å². The topological polar surface area (TPSA) is 114 Å². The fraction of sp³-hybridized carbons (Fsp3) is 0.583. The first kappa shape index (κ1) is 27.6. The summed E-state index contributed by atoms with van der Waals surface area (Å²) in [6.07, 6.45) is 1.05. The standard InChI is InChI=1S/C24H34FN3O5S/c1-15(2)11-20(22(31)27-18(13-29)12-16-9-10-26-21(16)30)28-23(32)33-14-24(3,4)34-19-7-5-17(25)6-8-19/h5-8,13,15-16,18,20H,9-12,14H2,1-4H3,(H,26,30)(H,27,31)(H,28,32)/t16-,18-,20-/m0/s1. The predicted octanol–water partition coefficient (Wildman–Crippen LogP) is 3.05. The molecule has 3 N–H and O–H groups in total. The molecule has 1 aliphatic rings.